The van der Waals surface area contributed by atoms with Crippen LogP contribution in [0.3, 0.4) is 0 Å². The molecule has 1 fully saturated rings. The van der Waals surface area contributed by atoms with Crippen molar-refractivity contribution in [1.82, 2.24) is 10.3 Å². The maximum Gasteiger partial charge on any atom is 0.251 e. The van der Waals surface area contributed by atoms with E-state index in [1.165, 1.54) is 12.1 Å². The van der Waals surface area contributed by atoms with Gasteiger partial charge in [0.05, 0.1) is 5.52 Å². The summed E-state index contributed by atoms with van der Waals surface area (Å²) in [6, 6.07) is 19.6. The van der Waals surface area contributed by atoms with E-state index in [4.69, 9.17) is 17.3 Å². The molecule has 4 aromatic rings. The molecule has 3 aromatic carbocycles. The summed E-state index contributed by atoms with van der Waals surface area (Å²) in [5.74, 6) is -0.696. The second-order valence-electron chi connectivity index (χ2n) is 9.04. The largest absolute Gasteiger partial charge is 0.399 e. The predicted molar refractivity (Wildman–Crippen MR) is 140 cm³/mol. The van der Waals surface area contributed by atoms with Crippen LogP contribution >= 0.6 is 11.6 Å². The van der Waals surface area contributed by atoms with Crippen LogP contribution in [0.25, 0.3) is 22.0 Å². The van der Waals surface area contributed by atoms with Crippen LogP contribution in [0, 0.1) is 5.82 Å². The summed E-state index contributed by atoms with van der Waals surface area (Å²) in [7, 11) is 0. The summed E-state index contributed by atoms with van der Waals surface area (Å²) in [6.45, 7) is 0. The van der Waals surface area contributed by atoms with E-state index in [0.29, 0.717) is 27.9 Å². The van der Waals surface area contributed by atoms with Gasteiger partial charge in [0, 0.05) is 45.6 Å². The Morgan fingerprint density at radius 2 is 1.66 bits per heavy atom. The van der Waals surface area contributed by atoms with E-state index in [9.17, 15) is 9.18 Å². The van der Waals surface area contributed by atoms with Gasteiger partial charge in [0.15, 0.2) is 0 Å². The summed E-state index contributed by atoms with van der Waals surface area (Å²) < 4.78 is 14.3. The molecule has 0 unspecified atom stereocenters. The Kier molecular flexibility index (Phi) is 6.55. The zero-order valence-electron chi connectivity index (χ0n) is 19.1. The summed E-state index contributed by atoms with van der Waals surface area (Å²) in [5, 5.41) is 8.43. The van der Waals surface area contributed by atoms with Crippen molar-refractivity contribution >= 4 is 39.8 Å². The standard InChI is InChI=1S/C28H26ClFN4O/c29-20-3-10-25-26(11-12-32-27(25)16-20)33-23-6-8-24(9-7-23)34-28(35)19-13-18(14-21(30)15-19)17-1-4-22(31)5-2-17/h1-5,10-16,23-24H,6-9,31H2,(H,32,33)(H,34,35). The van der Waals surface area contributed by atoms with Gasteiger partial charge in [-0.2, -0.15) is 0 Å². The number of rotatable bonds is 5. The number of nitrogens with two attached hydrogens (primary N) is 1. The van der Waals surface area contributed by atoms with Gasteiger partial charge in [-0.3, -0.25) is 9.78 Å². The number of aromatic nitrogens is 1. The molecule has 1 amide bonds. The van der Waals surface area contributed by atoms with E-state index >= 15 is 0 Å². The molecule has 1 aliphatic carbocycles. The highest BCUT2D eigenvalue weighted by atomic mass is 35.5. The van der Waals surface area contributed by atoms with Gasteiger partial charge < -0.3 is 16.4 Å². The van der Waals surface area contributed by atoms with Crippen LogP contribution in [0.5, 0.6) is 0 Å². The number of nitrogens with one attached hydrogen (secondary N) is 2. The first kappa shape index (κ1) is 23.1. The molecule has 4 N–H and O–H groups in total. The van der Waals surface area contributed by atoms with Gasteiger partial charge in [-0.15, -0.1) is 0 Å². The summed E-state index contributed by atoms with van der Waals surface area (Å²) in [5.41, 5.74) is 10.1. The topological polar surface area (TPSA) is 80.0 Å². The maximum atomic E-state index is 14.3. The number of hydrogen-bond donors (Lipinski definition) is 3. The van der Waals surface area contributed by atoms with Crippen molar-refractivity contribution in [3.05, 3.63) is 89.3 Å². The molecular weight excluding hydrogens is 463 g/mol. The van der Waals surface area contributed by atoms with E-state index in [-0.39, 0.29) is 11.9 Å². The Hall–Kier alpha value is -3.64. The first-order valence-corrected chi connectivity index (χ1v) is 12.1. The fourth-order valence-electron chi connectivity index (χ4n) is 4.68. The minimum atomic E-state index is -0.441. The molecule has 5 rings (SSSR count). The van der Waals surface area contributed by atoms with Crippen molar-refractivity contribution in [1.29, 1.82) is 0 Å². The average molecular weight is 489 g/mol. The van der Waals surface area contributed by atoms with E-state index in [0.717, 1.165) is 47.8 Å². The fraction of sp³-hybridized carbons (Fsp3) is 0.214. The van der Waals surface area contributed by atoms with Gasteiger partial charge in [0.1, 0.15) is 5.82 Å². The molecule has 0 bridgehead atoms. The molecule has 0 saturated heterocycles. The van der Waals surface area contributed by atoms with Gasteiger partial charge in [-0.05, 0) is 91.4 Å². The molecular formula is C28H26ClFN4O. The molecule has 0 radical (unpaired) electrons. The Balaban J connectivity index is 1.21. The number of amides is 1. The number of pyridine rings is 1. The van der Waals surface area contributed by atoms with Gasteiger partial charge >= 0.3 is 0 Å². The van der Waals surface area contributed by atoms with Crippen LogP contribution in [0.15, 0.2) is 72.9 Å². The number of hydrogen-bond acceptors (Lipinski definition) is 4. The third-order valence-electron chi connectivity index (χ3n) is 6.53. The third kappa shape index (κ3) is 5.38. The number of benzene rings is 3. The lowest BCUT2D eigenvalue weighted by atomic mass is 9.90. The van der Waals surface area contributed by atoms with Crippen LogP contribution in [0.1, 0.15) is 36.0 Å². The van der Waals surface area contributed by atoms with Crippen LogP contribution in [0.2, 0.25) is 5.02 Å². The zero-order chi connectivity index (χ0) is 24.4. The predicted octanol–water partition coefficient (Wildman–Crippen LogP) is 6.43. The van der Waals surface area contributed by atoms with Crippen molar-refractivity contribution in [3.63, 3.8) is 0 Å². The Labute approximate surface area is 208 Å². The number of nitrogens with zero attached hydrogens (tertiary/aromatic N) is 1. The molecule has 1 heterocycles. The lowest BCUT2D eigenvalue weighted by molar-refractivity contribution is 0.0926. The molecule has 0 aliphatic heterocycles. The number of nitrogen functional groups attached to an aromatic ring is 1. The van der Waals surface area contributed by atoms with Crippen LogP contribution in [0.4, 0.5) is 15.8 Å². The molecule has 0 atom stereocenters. The van der Waals surface area contributed by atoms with Crippen LogP contribution in [-0.2, 0) is 0 Å². The van der Waals surface area contributed by atoms with E-state index < -0.39 is 5.82 Å². The van der Waals surface area contributed by atoms with Crippen molar-refractivity contribution in [3.8, 4) is 11.1 Å². The SMILES string of the molecule is Nc1ccc(-c2cc(F)cc(C(=O)NC3CCC(Nc4ccnc5cc(Cl)ccc45)CC3)c2)cc1. The smallest absolute Gasteiger partial charge is 0.251 e. The Morgan fingerprint density at radius 1 is 0.914 bits per heavy atom. The number of fused-ring (bicyclic) bond motifs is 1. The van der Waals surface area contributed by atoms with Gasteiger partial charge in [0.2, 0.25) is 0 Å². The first-order valence-electron chi connectivity index (χ1n) is 11.7. The van der Waals surface area contributed by atoms with Gasteiger partial charge in [0.25, 0.3) is 5.91 Å². The molecule has 5 nitrogen and oxygen atoms in total. The quantitative estimate of drug-likeness (QED) is 0.283. The fourth-order valence-corrected chi connectivity index (χ4v) is 4.85. The lowest BCUT2D eigenvalue weighted by Gasteiger charge is -2.30. The molecule has 0 spiro atoms. The highest BCUT2D eigenvalue weighted by molar-refractivity contribution is 6.31. The highest BCUT2D eigenvalue weighted by Gasteiger charge is 2.23. The van der Waals surface area contributed by atoms with Crippen molar-refractivity contribution < 1.29 is 9.18 Å². The normalized spacial score (nSPS) is 17.8. The molecule has 1 aliphatic rings. The van der Waals surface area contributed by atoms with Gasteiger partial charge in [-0.25, -0.2) is 4.39 Å². The number of halogens is 2. The number of carbonyl (C=O) groups is 1. The van der Waals surface area contributed by atoms with E-state index in [2.05, 4.69) is 15.6 Å². The maximum absolute atomic E-state index is 14.3. The zero-order valence-corrected chi connectivity index (χ0v) is 19.9. The second-order valence-corrected chi connectivity index (χ2v) is 9.47. The number of anilines is 2. The average Bonchev–Trinajstić information content (AvgIpc) is 2.85. The van der Waals surface area contributed by atoms with Crippen molar-refractivity contribution in [2.24, 2.45) is 0 Å². The first-order chi connectivity index (χ1) is 16.9. The molecule has 35 heavy (non-hydrogen) atoms. The lowest BCUT2D eigenvalue weighted by Crippen LogP contribution is -2.40. The minimum absolute atomic E-state index is 0.0526. The summed E-state index contributed by atoms with van der Waals surface area (Å²) in [6.07, 6.45) is 5.31. The summed E-state index contributed by atoms with van der Waals surface area (Å²) >= 11 is 6.10. The van der Waals surface area contributed by atoms with E-state index in [1.807, 2.05) is 36.4 Å². The van der Waals surface area contributed by atoms with Crippen molar-refractivity contribution in [2.45, 2.75) is 37.8 Å². The monoisotopic (exact) mass is 488 g/mol. The van der Waals surface area contributed by atoms with Gasteiger partial charge in [-0.1, -0.05) is 23.7 Å². The van der Waals surface area contributed by atoms with E-state index in [1.54, 1.807) is 24.4 Å². The molecule has 1 saturated carbocycles. The van der Waals surface area contributed by atoms with Crippen LogP contribution in [-0.4, -0.2) is 23.0 Å². The van der Waals surface area contributed by atoms with Crippen LogP contribution < -0.4 is 16.4 Å². The second kappa shape index (κ2) is 9.92. The van der Waals surface area contributed by atoms with Crippen molar-refractivity contribution in [2.75, 3.05) is 11.1 Å². The Bertz CT molecular complexity index is 1370. The number of carbonyl (C=O) groups excluding carboxylic acids is 1. The molecule has 178 valence electrons. The molecule has 7 heteroatoms. The minimum Gasteiger partial charge on any atom is -0.399 e. The highest BCUT2D eigenvalue weighted by Crippen LogP contribution is 2.29. The summed E-state index contributed by atoms with van der Waals surface area (Å²) in [4.78, 5) is 17.3. The Morgan fingerprint density at radius 3 is 2.43 bits per heavy atom. The molecule has 1 aromatic heterocycles. The third-order valence-corrected chi connectivity index (χ3v) is 6.77.